The minimum Gasteiger partial charge on any atom is -0.469 e. The van der Waals surface area contributed by atoms with Crippen molar-refractivity contribution < 1.29 is 9.53 Å². The molecule has 0 aromatic rings. The number of carbonyl (C=O) groups excluding carboxylic acids is 1. The van der Waals surface area contributed by atoms with Crippen LogP contribution in [0.25, 0.3) is 0 Å². The Morgan fingerprint density at radius 1 is 1.46 bits per heavy atom. The van der Waals surface area contributed by atoms with E-state index < -0.39 is 0 Å². The van der Waals surface area contributed by atoms with E-state index in [0.29, 0.717) is 5.92 Å². The zero-order valence-corrected chi connectivity index (χ0v) is 10.0. The molecule has 0 saturated carbocycles. The highest BCUT2D eigenvalue weighted by molar-refractivity contribution is 7.99. The van der Waals surface area contributed by atoms with Crippen LogP contribution in [0, 0.1) is 11.3 Å². The SMILES string of the molecule is COC(=O)C(C)(C)CSCC(C)C. The topological polar surface area (TPSA) is 26.3 Å². The smallest absolute Gasteiger partial charge is 0.312 e. The monoisotopic (exact) mass is 204 g/mol. The Hall–Kier alpha value is -0.180. The molecule has 3 heteroatoms. The van der Waals surface area contributed by atoms with Crippen molar-refractivity contribution in [3.8, 4) is 0 Å². The van der Waals surface area contributed by atoms with Gasteiger partial charge in [-0.1, -0.05) is 13.8 Å². The molecule has 0 atom stereocenters. The number of carbonyl (C=O) groups is 1. The van der Waals surface area contributed by atoms with Gasteiger partial charge >= 0.3 is 5.97 Å². The average molecular weight is 204 g/mol. The number of hydrogen-bond donors (Lipinski definition) is 0. The lowest BCUT2D eigenvalue weighted by Gasteiger charge is -2.21. The third-order valence-electron chi connectivity index (χ3n) is 1.65. The van der Waals surface area contributed by atoms with Gasteiger partial charge in [0, 0.05) is 5.75 Å². The molecule has 0 aliphatic heterocycles. The zero-order chi connectivity index (χ0) is 10.5. The predicted octanol–water partition coefficient (Wildman–Crippen LogP) is 2.57. The van der Waals surface area contributed by atoms with Gasteiger partial charge in [0.05, 0.1) is 12.5 Å². The maximum Gasteiger partial charge on any atom is 0.312 e. The van der Waals surface area contributed by atoms with Crippen molar-refractivity contribution in [1.82, 2.24) is 0 Å². The summed E-state index contributed by atoms with van der Waals surface area (Å²) in [5.41, 5.74) is -0.353. The average Bonchev–Trinajstić information content (AvgIpc) is 2.01. The van der Waals surface area contributed by atoms with Gasteiger partial charge in [0.15, 0.2) is 0 Å². The van der Waals surface area contributed by atoms with Crippen LogP contribution in [0.15, 0.2) is 0 Å². The van der Waals surface area contributed by atoms with Crippen LogP contribution in [0.1, 0.15) is 27.7 Å². The molecular formula is C10H20O2S. The summed E-state index contributed by atoms with van der Waals surface area (Å²) in [5, 5.41) is 0. The maximum absolute atomic E-state index is 11.3. The quantitative estimate of drug-likeness (QED) is 0.644. The Labute approximate surface area is 85.4 Å². The molecule has 78 valence electrons. The lowest BCUT2D eigenvalue weighted by molar-refractivity contribution is -0.149. The van der Waals surface area contributed by atoms with Crippen LogP contribution in [-0.4, -0.2) is 24.6 Å². The van der Waals surface area contributed by atoms with E-state index in [9.17, 15) is 4.79 Å². The first kappa shape index (κ1) is 12.8. The highest BCUT2D eigenvalue weighted by Gasteiger charge is 2.28. The highest BCUT2D eigenvalue weighted by atomic mass is 32.2. The Balaban J connectivity index is 3.82. The number of rotatable bonds is 5. The van der Waals surface area contributed by atoms with E-state index in [2.05, 4.69) is 13.8 Å². The molecule has 0 rings (SSSR count). The van der Waals surface area contributed by atoms with E-state index in [0.717, 1.165) is 11.5 Å². The summed E-state index contributed by atoms with van der Waals surface area (Å²) in [4.78, 5) is 11.3. The maximum atomic E-state index is 11.3. The van der Waals surface area contributed by atoms with Crippen LogP contribution in [0.5, 0.6) is 0 Å². The van der Waals surface area contributed by atoms with Gasteiger partial charge in [-0.05, 0) is 25.5 Å². The van der Waals surface area contributed by atoms with E-state index in [1.807, 2.05) is 25.6 Å². The summed E-state index contributed by atoms with van der Waals surface area (Å²) in [6.07, 6.45) is 0. The Morgan fingerprint density at radius 3 is 2.38 bits per heavy atom. The molecule has 0 radical (unpaired) electrons. The van der Waals surface area contributed by atoms with Crippen LogP contribution < -0.4 is 0 Å². The van der Waals surface area contributed by atoms with Crippen molar-refractivity contribution in [3.05, 3.63) is 0 Å². The van der Waals surface area contributed by atoms with E-state index in [4.69, 9.17) is 4.74 Å². The van der Waals surface area contributed by atoms with Crippen molar-refractivity contribution >= 4 is 17.7 Å². The molecule has 0 saturated heterocycles. The normalized spacial score (nSPS) is 11.8. The lowest BCUT2D eigenvalue weighted by atomic mass is 9.97. The fourth-order valence-electron chi connectivity index (χ4n) is 0.885. The van der Waals surface area contributed by atoms with Crippen LogP contribution in [-0.2, 0) is 9.53 Å². The Bertz CT molecular complexity index is 164. The van der Waals surface area contributed by atoms with Gasteiger partial charge in [-0.25, -0.2) is 0 Å². The van der Waals surface area contributed by atoms with Crippen LogP contribution in [0.2, 0.25) is 0 Å². The molecule has 0 aliphatic carbocycles. The molecule has 0 unspecified atom stereocenters. The summed E-state index contributed by atoms with van der Waals surface area (Å²) < 4.78 is 4.72. The van der Waals surface area contributed by atoms with Gasteiger partial charge in [0.1, 0.15) is 0 Å². The largest absolute Gasteiger partial charge is 0.469 e. The molecule has 0 spiro atoms. The number of esters is 1. The fraction of sp³-hybridized carbons (Fsp3) is 0.900. The first-order valence-electron chi connectivity index (χ1n) is 4.56. The molecule has 0 aromatic heterocycles. The molecule has 0 fully saturated rings. The summed E-state index contributed by atoms with van der Waals surface area (Å²) in [6, 6.07) is 0. The summed E-state index contributed by atoms with van der Waals surface area (Å²) >= 11 is 1.81. The second kappa shape index (κ2) is 5.53. The van der Waals surface area contributed by atoms with Crippen LogP contribution in [0.4, 0.5) is 0 Å². The van der Waals surface area contributed by atoms with Crippen LogP contribution >= 0.6 is 11.8 Å². The molecule has 2 nitrogen and oxygen atoms in total. The van der Waals surface area contributed by atoms with E-state index >= 15 is 0 Å². The molecular weight excluding hydrogens is 184 g/mol. The van der Waals surface area contributed by atoms with Crippen LogP contribution in [0.3, 0.4) is 0 Å². The third-order valence-corrected chi connectivity index (χ3v) is 3.48. The predicted molar refractivity (Wildman–Crippen MR) is 58.0 cm³/mol. The molecule has 0 N–H and O–H groups in total. The minimum atomic E-state index is -0.353. The Kier molecular flexibility index (Phi) is 5.45. The molecule has 13 heavy (non-hydrogen) atoms. The third kappa shape index (κ3) is 5.19. The summed E-state index contributed by atoms with van der Waals surface area (Å²) in [6.45, 7) is 8.20. The van der Waals surface area contributed by atoms with Crippen molar-refractivity contribution in [1.29, 1.82) is 0 Å². The van der Waals surface area contributed by atoms with Gasteiger partial charge in [0.2, 0.25) is 0 Å². The standard InChI is InChI=1S/C10H20O2S/c1-8(2)6-13-7-10(3,4)9(11)12-5/h8H,6-7H2,1-5H3. The fourth-order valence-corrected chi connectivity index (χ4v) is 2.10. The molecule has 0 bridgehead atoms. The van der Waals surface area contributed by atoms with Crippen molar-refractivity contribution in [3.63, 3.8) is 0 Å². The van der Waals surface area contributed by atoms with Gasteiger partial charge in [0.25, 0.3) is 0 Å². The first-order chi connectivity index (χ1) is 5.90. The van der Waals surface area contributed by atoms with E-state index in [1.165, 1.54) is 7.11 Å². The second-order valence-electron chi connectivity index (χ2n) is 4.28. The molecule has 0 aliphatic rings. The van der Waals surface area contributed by atoms with Gasteiger partial charge < -0.3 is 4.74 Å². The van der Waals surface area contributed by atoms with Gasteiger partial charge in [-0.3, -0.25) is 4.79 Å². The molecule has 0 amide bonds. The summed E-state index contributed by atoms with van der Waals surface area (Å²) in [7, 11) is 1.44. The summed E-state index contributed by atoms with van der Waals surface area (Å²) in [5.74, 6) is 2.49. The van der Waals surface area contributed by atoms with Gasteiger partial charge in [-0.2, -0.15) is 11.8 Å². The second-order valence-corrected chi connectivity index (χ2v) is 5.31. The number of methoxy groups -OCH3 is 1. The van der Waals surface area contributed by atoms with E-state index in [1.54, 1.807) is 0 Å². The van der Waals surface area contributed by atoms with Gasteiger partial charge in [-0.15, -0.1) is 0 Å². The zero-order valence-electron chi connectivity index (χ0n) is 9.22. The number of hydrogen-bond acceptors (Lipinski definition) is 3. The first-order valence-corrected chi connectivity index (χ1v) is 5.72. The minimum absolute atomic E-state index is 0.122. The van der Waals surface area contributed by atoms with E-state index in [-0.39, 0.29) is 11.4 Å². The number of thioether (sulfide) groups is 1. The lowest BCUT2D eigenvalue weighted by Crippen LogP contribution is -2.28. The number of ether oxygens (including phenoxy) is 1. The Morgan fingerprint density at radius 2 is 2.00 bits per heavy atom. The van der Waals surface area contributed by atoms with Crippen molar-refractivity contribution in [2.75, 3.05) is 18.6 Å². The van der Waals surface area contributed by atoms with Crippen molar-refractivity contribution in [2.45, 2.75) is 27.7 Å². The van der Waals surface area contributed by atoms with Crippen molar-refractivity contribution in [2.24, 2.45) is 11.3 Å². The molecule has 0 heterocycles. The highest BCUT2D eigenvalue weighted by Crippen LogP contribution is 2.24. The molecule has 0 aromatic carbocycles.